The third-order valence-electron chi connectivity index (χ3n) is 2.98. The number of hydrogen-bond donors (Lipinski definition) is 2. The minimum atomic E-state index is -0.428. The van der Waals surface area contributed by atoms with Crippen molar-refractivity contribution >= 4 is 23.7 Å². The minimum absolute atomic E-state index is 0.0325. The molecule has 2 aromatic rings. The van der Waals surface area contributed by atoms with Crippen molar-refractivity contribution in [2.75, 3.05) is 5.32 Å². The maximum atomic E-state index is 12.7. The van der Waals surface area contributed by atoms with Crippen LogP contribution in [0.2, 0.25) is 0 Å². The number of anilines is 1. The SMILES string of the molecule is O=C(CCC(=O)Nc1ccc(F)cc1)N/N=C/c1ccc(F)cc1. The lowest BCUT2D eigenvalue weighted by Gasteiger charge is -2.04. The number of hydrazone groups is 1. The summed E-state index contributed by atoms with van der Waals surface area (Å²) in [4.78, 5) is 23.2. The lowest BCUT2D eigenvalue weighted by molar-refractivity contribution is -0.124. The summed E-state index contributed by atoms with van der Waals surface area (Å²) in [5, 5.41) is 6.27. The second-order valence-corrected chi connectivity index (χ2v) is 4.90. The summed E-state index contributed by atoms with van der Waals surface area (Å²) in [6.45, 7) is 0. The molecule has 2 amide bonds. The monoisotopic (exact) mass is 331 g/mol. The number of rotatable bonds is 6. The van der Waals surface area contributed by atoms with E-state index in [0.29, 0.717) is 11.3 Å². The van der Waals surface area contributed by atoms with Gasteiger partial charge in [-0.2, -0.15) is 5.10 Å². The summed E-state index contributed by atoms with van der Waals surface area (Å²) < 4.78 is 25.5. The molecule has 5 nitrogen and oxygen atoms in total. The summed E-state index contributed by atoms with van der Waals surface area (Å²) >= 11 is 0. The van der Waals surface area contributed by atoms with Crippen LogP contribution in [-0.4, -0.2) is 18.0 Å². The predicted octanol–water partition coefficient (Wildman–Crippen LogP) is 2.83. The Labute approximate surface area is 137 Å². The zero-order chi connectivity index (χ0) is 17.4. The van der Waals surface area contributed by atoms with Gasteiger partial charge in [0.25, 0.3) is 0 Å². The second kappa shape index (κ2) is 8.52. The van der Waals surface area contributed by atoms with Gasteiger partial charge in [-0.1, -0.05) is 12.1 Å². The summed E-state index contributed by atoms with van der Waals surface area (Å²) in [5.41, 5.74) is 3.36. The van der Waals surface area contributed by atoms with Crippen molar-refractivity contribution in [2.24, 2.45) is 5.10 Å². The largest absolute Gasteiger partial charge is 0.326 e. The molecule has 0 spiro atoms. The summed E-state index contributed by atoms with van der Waals surface area (Å²) in [6, 6.07) is 10.9. The molecule has 0 fully saturated rings. The van der Waals surface area contributed by atoms with Crippen molar-refractivity contribution < 1.29 is 18.4 Å². The van der Waals surface area contributed by atoms with E-state index in [-0.39, 0.29) is 24.6 Å². The van der Waals surface area contributed by atoms with Crippen LogP contribution in [0.1, 0.15) is 18.4 Å². The molecule has 0 aliphatic heterocycles. The molecule has 0 saturated heterocycles. The van der Waals surface area contributed by atoms with Crippen molar-refractivity contribution in [1.29, 1.82) is 0 Å². The highest BCUT2D eigenvalue weighted by molar-refractivity contribution is 5.93. The van der Waals surface area contributed by atoms with E-state index in [9.17, 15) is 18.4 Å². The van der Waals surface area contributed by atoms with E-state index in [1.54, 1.807) is 0 Å². The first kappa shape index (κ1) is 17.3. The minimum Gasteiger partial charge on any atom is -0.326 e. The van der Waals surface area contributed by atoms with E-state index in [2.05, 4.69) is 15.8 Å². The Balaban J connectivity index is 1.71. The first-order valence-corrected chi connectivity index (χ1v) is 7.16. The summed E-state index contributed by atoms with van der Waals surface area (Å²) in [7, 11) is 0. The van der Waals surface area contributed by atoms with E-state index in [1.807, 2.05) is 0 Å². The molecule has 0 aromatic heterocycles. The lowest BCUT2D eigenvalue weighted by atomic mass is 10.2. The van der Waals surface area contributed by atoms with Gasteiger partial charge in [0.2, 0.25) is 11.8 Å². The normalized spacial score (nSPS) is 10.6. The Morgan fingerprint density at radius 1 is 0.875 bits per heavy atom. The molecular formula is C17H15F2N3O2. The molecule has 0 saturated carbocycles. The van der Waals surface area contributed by atoms with Gasteiger partial charge in [0.15, 0.2) is 0 Å². The fourth-order valence-electron chi connectivity index (χ4n) is 1.77. The van der Waals surface area contributed by atoms with Crippen molar-refractivity contribution in [2.45, 2.75) is 12.8 Å². The highest BCUT2D eigenvalue weighted by Crippen LogP contribution is 2.08. The Hall–Kier alpha value is -3.09. The Kier molecular flexibility index (Phi) is 6.13. The number of amides is 2. The van der Waals surface area contributed by atoms with E-state index in [0.717, 1.165) is 0 Å². The van der Waals surface area contributed by atoms with Crippen LogP contribution >= 0.6 is 0 Å². The van der Waals surface area contributed by atoms with Gasteiger partial charge in [0.1, 0.15) is 11.6 Å². The molecule has 2 rings (SSSR count). The number of hydrogen-bond acceptors (Lipinski definition) is 3. The average molecular weight is 331 g/mol. The summed E-state index contributed by atoms with van der Waals surface area (Å²) in [6.07, 6.45) is 1.29. The van der Waals surface area contributed by atoms with E-state index in [1.165, 1.54) is 54.7 Å². The molecule has 7 heteroatoms. The summed E-state index contributed by atoms with van der Waals surface area (Å²) in [5.74, 6) is -1.54. The fourth-order valence-corrected chi connectivity index (χ4v) is 1.77. The lowest BCUT2D eigenvalue weighted by Crippen LogP contribution is -2.20. The molecule has 2 aromatic carbocycles. The van der Waals surface area contributed by atoms with Crippen LogP contribution in [0.15, 0.2) is 53.6 Å². The van der Waals surface area contributed by atoms with Crippen LogP contribution in [0.4, 0.5) is 14.5 Å². The van der Waals surface area contributed by atoms with E-state index in [4.69, 9.17) is 0 Å². The van der Waals surface area contributed by atoms with Gasteiger partial charge in [-0.15, -0.1) is 0 Å². The van der Waals surface area contributed by atoms with Crippen molar-refractivity contribution in [1.82, 2.24) is 5.43 Å². The Morgan fingerprint density at radius 2 is 1.42 bits per heavy atom. The van der Waals surface area contributed by atoms with Crippen molar-refractivity contribution in [3.63, 3.8) is 0 Å². The first-order valence-electron chi connectivity index (χ1n) is 7.16. The number of benzene rings is 2. The Morgan fingerprint density at radius 3 is 2.04 bits per heavy atom. The number of nitrogens with zero attached hydrogens (tertiary/aromatic N) is 1. The van der Waals surface area contributed by atoms with Crippen LogP contribution in [0.5, 0.6) is 0 Å². The second-order valence-electron chi connectivity index (χ2n) is 4.90. The molecule has 0 heterocycles. The van der Waals surface area contributed by atoms with Gasteiger partial charge in [-0.3, -0.25) is 9.59 Å². The van der Waals surface area contributed by atoms with Crippen LogP contribution in [0.3, 0.4) is 0 Å². The zero-order valence-corrected chi connectivity index (χ0v) is 12.6. The maximum Gasteiger partial charge on any atom is 0.240 e. The highest BCUT2D eigenvalue weighted by Gasteiger charge is 2.06. The van der Waals surface area contributed by atoms with E-state index >= 15 is 0 Å². The molecular weight excluding hydrogens is 316 g/mol. The van der Waals surface area contributed by atoms with Gasteiger partial charge < -0.3 is 5.32 Å². The predicted molar refractivity (Wildman–Crippen MR) is 86.4 cm³/mol. The number of carbonyl (C=O) groups excluding carboxylic acids is 2. The van der Waals surface area contributed by atoms with Crippen LogP contribution in [0, 0.1) is 11.6 Å². The molecule has 0 bridgehead atoms. The molecule has 0 atom stereocenters. The third kappa shape index (κ3) is 5.96. The van der Waals surface area contributed by atoms with Crippen LogP contribution in [0.25, 0.3) is 0 Å². The maximum absolute atomic E-state index is 12.7. The molecule has 124 valence electrons. The quantitative estimate of drug-likeness (QED) is 0.631. The Bertz CT molecular complexity index is 729. The third-order valence-corrected chi connectivity index (χ3v) is 2.98. The molecule has 24 heavy (non-hydrogen) atoms. The average Bonchev–Trinajstić information content (AvgIpc) is 2.57. The number of carbonyl (C=O) groups is 2. The fraction of sp³-hybridized carbons (Fsp3) is 0.118. The van der Waals surface area contributed by atoms with Crippen LogP contribution in [-0.2, 0) is 9.59 Å². The molecule has 2 N–H and O–H groups in total. The standard InChI is InChI=1S/C17H15F2N3O2/c18-13-3-1-12(2-4-13)11-20-22-17(24)10-9-16(23)21-15-7-5-14(19)6-8-15/h1-8,11H,9-10H2,(H,21,23)(H,22,24)/b20-11+. The zero-order valence-electron chi connectivity index (χ0n) is 12.6. The van der Waals surface area contributed by atoms with Crippen molar-refractivity contribution in [3.8, 4) is 0 Å². The topological polar surface area (TPSA) is 70.6 Å². The van der Waals surface area contributed by atoms with Gasteiger partial charge in [-0.25, -0.2) is 14.2 Å². The van der Waals surface area contributed by atoms with Crippen molar-refractivity contribution in [3.05, 3.63) is 65.7 Å². The van der Waals surface area contributed by atoms with Gasteiger partial charge in [0.05, 0.1) is 6.21 Å². The molecule has 0 radical (unpaired) electrons. The molecule has 0 aliphatic rings. The molecule has 0 aliphatic carbocycles. The smallest absolute Gasteiger partial charge is 0.240 e. The van der Waals surface area contributed by atoms with Gasteiger partial charge >= 0.3 is 0 Å². The van der Waals surface area contributed by atoms with Gasteiger partial charge in [-0.05, 0) is 42.0 Å². The van der Waals surface area contributed by atoms with E-state index < -0.39 is 11.7 Å². The number of nitrogens with one attached hydrogen (secondary N) is 2. The van der Waals surface area contributed by atoms with Crippen LogP contribution < -0.4 is 10.7 Å². The highest BCUT2D eigenvalue weighted by atomic mass is 19.1. The first-order chi connectivity index (χ1) is 11.5. The number of halogens is 2. The molecule has 0 unspecified atom stereocenters. The van der Waals surface area contributed by atoms with Gasteiger partial charge in [0, 0.05) is 18.5 Å².